The van der Waals surface area contributed by atoms with Crippen molar-refractivity contribution in [3.63, 3.8) is 0 Å². The van der Waals surface area contributed by atoms with E-state index in [1.165, 1.54) is 0 Å². The third-order valence-corrected chi connectivity index (χ3v) is 5.61. The Labute approximate surface area is 145 Å². The molecule has 0 bridgehead atoms. The van der Waals surface area contributed by atoms with Crippen LogP contribution in [0.15, 0.2) is 66.6 Å². The van der Waals surface area contributed by atoms with Gasteiger partial charge in [0.2, 0.25) is 0 Å². The average molecular weight is 361 g/mol. The zero-order chi connectivity index (χ0) is 18.2. The summed E-state index contributed by atoms with van der Waals surface area (Å²) in [4.78, 5) is 4.27. The number of allylic oxidation sites excluding steroid dienone is 2. The fourth-order valence-corrected chi connectivity index (χ4v) is 3.56. The fraction of sp³-hybridized carbons (Fsp3) is 0.211. The van der Waals surface area contributed by atoms with E-state index in [-0.39, 0.29) is 0 Å². The van der Waals surface area contributed by atoms with Crippen LogP contribution in [0.3, 0.4) is 0 Å². The summed E-state index contributed by atoms with van der Waals surface area (Å²) in [5.41, 5.74) is 2.36. The molecule has 1 heterocycles. The minimum absolute atomic E-state index is 0.320. The van der Waals surface area contributed by atoms with Gasteiger partial charge in [-0.25, -0.2) is 17.2 Å². The molecule has 0 saturated heterocycles. The topological polar surface area (TPSA) is 47.0 Å². The number of sulfone groups is 1. The largest absolute Gasteiger partial charge is 0.279 e. The highest BCUT2D eigenvalue weighted by Gasteiger charge is 2.48. The molecule has 25 heavy (non-hydrogen) atoms. The van der Waals surface area contributed by atoms with Gasteiger partial charge < -0.3 is 0 Å². The first-order chi connectivity index (χ1) is 11.7. The second-order valence-electron chi connectivity index (χ2n) is 6.14. The quantitative estimate of drug-likeness (QED) is 0.826. The lowest BCUT2D eigenvalue weighted by Crippen LogP contribution is -2.34. The molecule has 3 nitrogen and oxygen atoms in total. The number of hydrogen-bond acceptors (Lipinski definition) is 3. The van der Waals surface area contributed by atoms with Crippen LogP contribution in [0.1, 0.15) is 22.7 Å². The number of alkyl halides is 1. The van der Waals surface area contributed by atoms with Gasteiger partial charge in [0.15, 0.2) is 15.7 Å². The van der Waals surface area contributed by atoms with Gasteiger partial charge in [-0.3, -0.25) is 4.98 Å². The van der Waals surface area contributed by atoms with Crippen LogP contribution in [0, 0.1) is 6.92 Å². The first-order valence-corrected chi connectivity index (χ1v) is 9.58. The van der Waals surface area contributed by atoms with E-state index >= 15 is 4.39 Å². The van der Waals surface area contributed by atoms with E-state index in [4.69, 9.17) is 0 Å². The molecule has 0 fully saturated rings. The van der Waals surface area contributed by atoms with Gasteiger partial charge in [0.25, 0.3) is 5.00 Å². The highest BCUT2D eigenvalue weighted by Crippen LogP contribution is 2.45. The van der Waals surface area contributed by atoms with E-state index in [2.05, 4.69) is 4.98 Å². The van der Waals surface area contributed by atoms with Crippen LogP contribution in [0.5, 0.6) is 0 Å². The van der Waals surface area contributed by atoms with Gasteiger partial charge in [-0.1, -0.05) is 36.4 Å². The molecule has 3 rings (SSSR count). The van der Waals surface area contributed by atoms with Crippen LogP contribution >= 0.6 is 0 Å². The van der Waals surface area contributed by atoms with E-state index in [9.17, 15) is 12.8 Å². The Kier molecular flexibility index (Phi) is 4.33. The number of hydrogen-bond donors (Lipinski definition) is 0. The van der Waals surface area contributed by atoms with Gasteiger partial charge in [-0.15, -0.1) is 0 Å². The predicted octanol–water partition coefficient (Wildman–Crippen LogP) is 4.13. The van der Waals surface area contributed by atoms with Crippen LogP contribution in [0.2, 0.25) is 0 Å². The summed E-state index contributed by atoms with van der Waals surface area (Å²) in [5, 5.41) is -3.18. The third kappa shape index (κ3) is 3.14. The normalized spacial score (nSPS) is 23.8. The highest BCUT2D eigenvalue weighted by atomic mass is 32.2. The van der Waals surface area contributed by atoms with E-state index in [0.29, 0.717) is 17.5 Å². The molecule has 1 aromatic carbocycles. The standard InChI is InChI=1S/C19H17F2NO2S/c1-13-8-9-17(22-12-13)16-11-19(21,25(2,23)24)18(20)10-15(16)14-6-4-3-5-7-14/h3-12,15H,1-2H3. The Hall–Kier alpha value is -2.34. The number of pyridine rings is 1. The molecule has 0 saturated carbocycles. The summed E-state index contributed by atoms with van der Waals surface area (Å²) in [6.07, 6.45) is 4.15. The van der Waals surface area contributed by atoms with Crippen molar-refractivity contribution in [2.75, 3.05) is 6.26 Å². The Morgan fingerprint density at radius 2 is 1.80 bits per heavy atom. The van der Waals surface area contributed by atoms with Crippen molar-refractivity contribution in [2.24, 2.45) is 0 Å². The van der Waals surface area contributed by atoms with Crippen LogP contribution in [0.25, 0.3) is 5.57 Å². The average Bonchev–Trinajstić information content (AvgIpc) is 2.57. The molecule has 0 N–H and O–H groups in total. The van der Waals surface area contributed by atoms with Crippen molar-refractivity contribution in [2.45, 2.75) is 17.8 Å². The first kappa shape index (κ1) is 17.5. The Bertz CT molecular complexity index is 951. The van der Waals surface area contributed by atoms with Crippen molar-refractivity contribution in [1.82, 2.24) is 4.98 Å². The molecule has 0 spiro atoms. The lowest BCUT2D eigenvalue weighted by molar-refractivity contribution is 0.319. The van der Waals surface area contributed by atoms with E-state index in [0.717, 1.165) is 23.3 Å². The minimum Gasteiger partial charge on any atom is -0.256 e. The highest BCUT2D eigenvalue weighted by molar-refractivity contribution is 7.92. The van der Waals surface area contributed by atoms with Gasteiger partial charge in [0.1, 0.15) is 0 Å². The summed E-state index contributed by atoms with van der Waals surface area (Å²) in [5.74, 6) is -1.94. The van der Waals surface area contributed by atoms with Crippen LogP contribution in [-0.4, -0.2) is 24.7 Å². The number of aromatic nitrogens is 1. The zero-order valence-electron chi connectivity index (χ0n) is 13.8. The third-order valence-electron chi connectivity index (χ3n) is 4.22. The maximum absolute atomic E-state index is 15.0. The lowest BCUT2D eigenvalue weighted by atomic mass is 9.84. The maximum atomic E-state index is 15.0. The van der Waals surface area contributed by atoms with Gasteiger partial charge in [-0.2, -0.15) is 0 Å². The summed E-state index contributed by atoms with van der Waals surface area (Å²) < 4.78 is 53.2. The summed E-state index contributed by atoms with van der Waals surface area (Å²) in [7, 11) is -4.34. The van der Waals surface area contributed by atoms with E-state index in [1.807, 2.05) is 13.0 Å². The SMILES string of the molecule is Cc1ccc(C2=CC(F)(S(C)(=O)=O)C(F)=CC2c2ccccc2)nc1. The zero-order valence-corrected chi connectivity index (χ0v) is 14.6. The monoisotopic (exact) mass is 361 g/mol. The molecular weight excluding hydrogens is 344 g/mol. The second kappa shape index (κ2) is 6.19. The molecule has 0 aliphatic heterocycles. The molecule has 2 unspecified atom stereocenters. The van der Waals surface area contributed by atoms with E-state index in [1.54, 1.807) is 42.6 Å². The summed E-state index contributed by atoms with van der Waals surface area (Å²) in [6.45, 7) is 1.86. The smallest absolute Gasteiger partial charge is 0.256 e. The molecule has 2 atom stereocenters. The molecule has 130 valence electrons. The number of rotatable bonds is 3. The van der Waals surface area contributed by atoms with E-state index < -0.39 is 26.6 Å². The molecule has 0 amide bonds. The molecule has 1 aromatic heterocycles. The Morgan fingerprint density at radius 3 is 2.36 bits per heavy atom. The maximum Gasteiger partial charge on any atom is 0.279 e. The van der Waals surface area contributed by atoms with Gasteiger partial charge in [-0.05, 0) is 41.8 Å². The van der Waals surface area contributed by atoms with Crippen LogP contribution in [0.4, 0.5) is 8.78 Å². The fourth-order valence-electron chi connectivity index (χ4n) is 2.80. The van der Waals surface area contributed by atoms with Gasteiger partial charge >= 0.3 is 0 Å². The number of halogens is 2. The molecule has 0 radical (unpaired) electrons. The van der Waals surface area contributed by atoms with Crippen LogP contribution in [-0.2, 0) is 9.84 Å². The Morgan fingerprint density at radius 1 is 1.12 bits per heavy atom. The molecule has 2 aromatic rings. The number of nitrogens with zero attached hydrogens (tertiary/aromatic N) is 1. The molecule has 6 heteroatoms. The minimum atomic E-state index is -4.34. The number of benzene rings is 1. The molecule has 1 aliphatic rings. The lowest BCUT2D eigenvalue weighted by Gasteiger charge is -2.28. The van der Waals surface area contributed by atoms with Crippen molar-refractivity contribution < 1.29 is 17.2 Å². The van der Waals surface area contributed by atoms with Crippen molar-refractivity contribution in [3.8, 4) is 0 Å². The van der Waals surface area contributed by atoms with Gasteiger partial charge in [0, 0.05) is 18.4 Å². The summed E-state index contributed by atoms with van der Waals surface area (Å²) in [6, 6.07) is 12.4. The predicted molar refractivity (Wildman–Crippen MR) is 94.0 cm³/mol. The van der Waals surface area contributed by atoms with Crippen LogP contribution < -0.4 is 0 Å². The molecular formula is C19H17F2NO2S. The number of aryl methyl sites for hydroxylation is 1. The van der Waals surface area contributed by atoms with Crippen molar-refractivity contribution >= 4 is 15.4 Å². The second-order valence-corrected chi connectivity index (χ2v) is 8.28. The van der Waals surface area contributed by atoms with Crippen molar-refractivity contribution in [1.29, 1.82) is 0 Å². The Balaban J connectivity index is 2.22. The van der Waals surface area contributed by atoms with Gasteiger partial charge in [0.05, 0.1) is 5.69 Å². The first-order valence-electron chi connectivity index (χ1n) is 7.69. The van der Waals surface area contributed by atoms with Crippen molar-refractivity contribution in [3.05, 3.63) is 83.5 Å². The summed E-state index contributed by atoms with van der Waals surface area (Å²) >= 11 is 0. The molecule has 1 aliphatic carbocycles.